The molecule has 0 unspecified atom stereocenters. The Morgan fingerprint density at radius 3 is 2.82 bits per heavy atom. The predicted octanol–water partition coefficient (Wildman–Crippen LogP) is 4.02. The van der Waals surface area contributed by atoms with E-state index in [0.717, 1.165) is 6.42 Å². The molecule has 0 spiro atoms. The SMILES string of the molecule is CCCOc1c(Cl)cc(/C=N/NC(=O)c2ccc3c(c2)OCO3)cc1OCC. The second kappa shape index (κ2) is 9.32. The number of fused-ring (bicyclic) bond motifs is 1. The van der Waals surface area contributed by atoms with Crippen LogP contribution in [0.25, 0.3) is 0 Å². The van der Waals surface area contributed by atoms with Gasteiger partial charge in [0.1, 0.15) is 0 Å². The lowest BCUT2D eigenvalue weighted by Gasteiger charge is -2.13. The molecule has 0 aliphatic carbocycles. The number of carbonyl (C=O) groups is 1. The quantitative estimate of drug-likeness (QED) is 0.531. The molecular formula is C20H21ClN2O5. The lowest BCUT2D eigenvalue weighted by molar-refractivity contribution is 0.0954. The zero-order valence-corrected chi connectivity index (χ0v) is 16.4. The van der Waals surface area contributed by atoms with E-state index in [4.69, 9.17) is 30.5 Å². The molecular weight excluding hydrogens is 384 g/mol. The molecule has 1 amide bonds. The molecule has 1 aliphatic rings. The zero-order valence-electron chi connectivity index (χ0n) is 15.7. The van der Waals surface area contributed by atoms with E-state index in [1.54, 1.807) is 30.3 Å². The summed E-state index contributed by atoms with van der Waals surface area (Å²) in [7, 11) is 0. The molecule has 148 valence electrons. The summed E-state index contributed by atoms with van der Waals surface area (Å²) >= 11 is 6.32. The lowest BCUT2D eigenvalue weighted by atomic mass is 10.2. The van der Waals surface area contributed by atoms with E-state index in [-0.39, 0.29) is 12.7 Å². The molecule has 2 aromatic carbocycles. The van der Waals surface area contributed by atoms with Gasteiger partial charge in [-0.15, -0.1) is 0 Å². The number of rotatable bonds is 8. The molecule has 1 heterocycles. The molecule has 3 rings (SSSR count). The van der Waals surface area contributed by atoms with Crippen molar-refractivity contribution in [2.24, 2.45) is 5.10 Å². The van der Waals surface area contributed by atoms with Crippen molar-refractivity contribution in [3.05, 3.63) is 46.5 Å². The summed E-state index contributed by atoms with van der Waals surface area (Å²) in [6.07, 6.45) is 2.35. The van der Waals surface area contributed by atoms with E-state index in [1.807, 2.05) is 13.8 Å². The summed E-state index contributed by atoms with van der Waals surface area (Å²) in [5.41, 5.74) is 3.56. The average molecular weight is 405 g/mol. The number of hydrogen-bond acceptors (Lipinski definition) is 6. The molecule has 0 bridgehead atoms. The van der Waals surface area contributed by atoms with Crippen LogP contribution < -0.4 is 24.4 Å². The molecule has 1 N–H and O–H groups in total. The second-order valence-electron chi connectivity index (χ2n) is 5.88. The number of hydrazone groups is 1. The monoisotopic (exact) mass is 404 g/mol. The van der Waals surface area contributed by atoms with Crippen molar-refractivity contribution >= 4 is 23.7 Å². The highest BCUT2D eigenvalue weighted by Crippen LogP contribution is 2.36. The third-order valence-electron chi connectivity index (χ3n) is 3.80. The molecule has 0 saturated carbocycles. The topological polar surface area (TPSA) is 78.4 Å². The van der Waals surface area contributed by atoms with Crippen LogP contribution in [0.3, 0.4) is 0 Å². The number of nitrogens with zero attached hydrogens (tertiary/aromatic N) is 1. The molecule has 1 aliphatic heterocycles. The number of amides is 1. The minimum Gasteiger partial charge on any atom is -0.490 e. The van der Waals surface area contributed by atoms with Gasteiger partial charge in [-0.1, -0.05) is 18.5 Å². The van der Waals surface area contributed by atoms with E-state index >= 15 is 0 Å². The van der Waals surface area contributed by atoms with Crippen LogP contribution in [0, 0.1) is 0 Å². The lowest BCUT2D eigenvalue weighted by Crippen LogP contribution is -2.17. The fraction of sp³-hybridized carbons (Fsp3) is 0.300. The van der Waals surface area contributed by atoms with E-state index < -0.39 is 0 Å². The fourth-order valence-corrected chi connectivity index (χ4v) is 2.81. The van der Waals surface area contributed by atoms with Gasteiger partial charge in [-0.3, -0.25) is 4.79 Å². The van der Waals surface area contributed by atoms with Gasteiger partial charge in [0, 0.05) is 5.56 Å². The zero-order chi connectivity index (χ0) is 19.9. The van der Waals surface area contributed by atoms with Crippen molar-refractivity contribution in [3.8, 4) is 23.0 Å². The molecule has 0 aromatic heterocycles. The van der Waals surface area contributed by atoms with Crippen LogP contribution in [-0.4, -0.2) is 32.1 Å². The summed E-state index contributed by atoms with van der Waals surface area (Å²) < 4.78 is 21.8. The number of hydrogen-bond donors (Lipinski definition) is 1. The van der Waals surface area contributed by atoms with Crippen LogP contribution in [-0.2, 0) is 0 Å². The van der Waals surface area contributed by atoms with Gasteiger partial charge in [0.2, 0.25) is 6.79 Å². The molecule has 0 saturated heterocycles. The normalized spacial score (nSPS) is 12.2. The Balaban J connectivity index is 1.70. The Morgan fingerprint density at radius 1 is 1.21 bits per heavy atom. The Labute approximate surface area is 168 Å². The van der Waals surface area contributed by atoms with Gasteiger partial charge >= 0.3 is 0 Å². The highest BCUT2D eigenvalue weighted by Gasteiger charge is 2.16. The van der Waals surface area contributed by atoms with Gasteiger partial charge in [0.25, 0.3) is 5.91 Å². The number of nitrogens with one attached hydrogen (secondary N) is 1. The highest BCUT2D eigenvalue weighted by atomic mass is 35.5. The molecule has 0 radical (unpaired) electrons. The van der Waals surface area contributed by atoms with E-state index in [0.29, 0.717) is 52.4 Å². The van der Waals surface area contributed by atoms with Gasteiger partial charge in [-0.25, -0.2) is 5.43 Å². The standard InChI is InChI=1S/C20H21ClN2O5/c1-3-7-26-19-15(21)8-13(9-18(19)25-4-2)11-22-23-20(24)14-5-6-16-17(10-14)28-12-27-16/h5-6,8-11H,3-4,7,12H2,1-2H3,(H,23,24)/b22-11+. The molecule has 0 atom stereocenters. The third kappa shape index (κ3) is 4.67. The van der Waals surface area contributed by atoms with Crippen LogP contribution in [0.4, 0.5) is 0 Å². The Hall–Kier alpha value is -2.93. The summed E-state index contributed by atoms with van der Waals surface area (Å²) in [5, 5.41) is 4.41. The minimum absolute atomic E-state index is 0.152. The van der Waals surface area contributed by atoms with Crippen molar-refractivity contribution in [1.82, 2.24) is 5.43 Å². The fourth-order valence-electron chi connectivity index (χ4n) is 2.54. The molecule has 2 aromatic rings. The van der Waals surface area contributed by atoms with Crippen molar-refractivity contribution in [3.63, 3.8) is 0 Å². The third-order valence-corrected chi connectivity index (χ3v) is 4.08. The first-order chi connectivity index (χ1) is 13.6. The molecule has 7 nitrogen and oxygen atoms in total. The van der Waals surface area contributed by atoms with Gasteiger partial charge in [0.15, 0.2) is 23.0 Å². The number of carbonyl (C=O) groups excluding carboxylic acids is 1. The smallest absolute Gasteiger partial charge is 0.271 e. The van der Waals surface area contributed by atoms with Crippen molar-refractivity contribution in [2.75, 3.05) is 20.0 Å². The van der Waals surface area contributed by atoms with Crippen molar-refractivity contribution < 1.29 is 23.7 Å². The number of benzene rings is 2. The average Bonchev–Trinajstić information content (AvgIpc) is 3.15. The van der Waals surface area contributed by atoms with E-state index in [1.165, 1.54) is 6.21 Å². The summed E-state index contributed by atoms with van der Waals surface area (Å²) in [6, 6.07) is 8.39. The van der Waals surface area contributed by atoms with Crippen LogP contribution >= 0.6 is 11.6 Å². The van der Waals surface area contributed by atoms with Crippen LogP contribution in [0.5, 0.6) is 23.0 Å². The molecule has 28 heavy (non-hydrogen) atoms. The van der Waals surface area contributed by atoms with Gasteiger partial charge in [-0.2, -0.15) is 5.10 Å². The molecule has 8 heteroatoms. The number of halogens is 1. The molecule has 0 fully saturated rings. The maximum atomic E-state index is 12.3. The first-order valence-electron chi connectivity index (χ1n) is 8.94. The van der Waals surface area contributed by atoms with Gasteiger partial charge in [-0.05, 0) is 49.2 Å². The van der Waals surface area contributed by atoms with Crippen LogP contribution in [0.15, 0.2) is 35.4 Å². The number of ether oxygens (including phenoxy) is 4. The maximum Gasteiger partial charge on any atom is 0.271 e. The largest absolute Gasteiger partial charge is 0.490 e. The Kier molecular flexibility index (Phi) is 6.60. The predicted molar refractivity (Wildman–Crippen MR) is 106 cm³/mol. The second-order valence-corrected chi connectivity index (χ2v) is 6.29. The first-order valence-corrected chi connectivity index (χ1v) is 9.32. The maximum absolute atomic E-state index is 12.3. The highest BCUT2D eigenvalue weighted by molar-refractivity contribution is 6.32. The van der Waals surface area contributed by atoms with Gasteiger partial charge < -0.3 is 18.9 Å². The summed E-state index contributed by atoms with van der Waals surface area (Å²) in [5.74, 6) is 1.82. The first kappa shape index (κ1) is 19.8. The van der Waals surface area contributed by atoms with E-state index in [2.05, 4.69) is 10.5 Å². The van der Waals surface area contributed by atoms with Gasteiger partial charge in [0.05, 0.1) is 24.5 Å². The van der Waals surface area contributed by atoms with Crippen LogP contribution in [0.2, 0.25) is 5.02 Å². The minimum atomic E-state index is -0.367. The summed E-state index contributed by atoms with van der Waals surface area (Å²) in [4.78, 5) is 12.3. The Bertz CT molecular complexity index is 885. The Morgan fingerprint density at radius 2 is 2.04 bits per heavy atom. The van der Waals surface area contributed by atoms with E-state index in [9.17, 15) is 4.79 Å². The summed E-state index contributed by atoms with van der Waals surface area (Å²) in [6.45, 7) is 5.06. The van der Waals surface area contributed by atoms with Crippen molar-refractivity contribution in [1.29, 1.82) is 0 Å². The van der Waals surface area contributed by atoms with Crippen molar-refractivity contribution in [2.45, 2.75) is 20.3 Å². The van der Waals surface area contributed by atoms with Crippen LogP contribution in [0.1, 0.15) is 36.2 Å².